The lowest BCUT2D eigenvalue weighted by Gasteiger charge is -2.72. The number of carbonyl (C=O) groups is 3. The molecule has 1 aromatic carbocycles. The van der Waals surface area contributed by atoms with Gasteiger partial charge in [-0.3, -0.25) is 4.79 Å². The van der Waals surface area contributed by atoms with E-state index < -0.39 is 17.4 Å². The summed E-state index contributed by atoms with van der Waals surface area (Å²) in [4.78, 5) is 40.8. The first-order valence-electron chi connectivity index (χ1n) is 20.5. The van der Waals surface area contributed by atoms with E-state index in [1.54, 1.807) is 4.90 Å². The van der Waals surface area contributed by atoms with Gasteiger partial charge in [0.1, 0.15) is 25.0 Å². The Hall–Kier alpha value is -3.07. The Morgan fingerprint density at radius 3 is 2.36 bits per heavy atom. The largest absolute Gasteiger partial charge is 0.492 e. The standard InChI is InChI=1S/C44H64N2O7/c1-27(2)30-14-19-44(38(50)45-32(37(48)49)26-28-8-10-29(11-9-28)52-24-22-46-23-25-53-39(46)51)21-20-42(6)31(36(30)44)12-13-34-41(5)17-16-35(47)40(3,4)33(41)15-18-43(34,42)7/h8-11,30-36,47H,1,12-26H2,2-7H3,(H,45,50)(H,48,49)/t30-,31?,32-,33?,34?,35-,36?,41-,42+,43+,44-/m0/s1. The summed E-state index contributed by atoms with van der Waals surface area (Å²) in [5, 5.41) is 24.6. The highest BCUT2D eigenvalue weighted by atomic mass is 16.6. The molecule has 3 N–H and O–H groups in total. The van der Waals surface area contributed by atoms with Crippen LogP contribution in [0.4, 0.5) is 4.79 Å². The fourth-order valence-electron chi connectivity index (χ4n) is 13.9. The van der Waals surface area contributed by atoms with Crippen LogP contribution in [-0.4, -0.2) is 71.5 Å². The third kappa shape index (κ3) is 6.01. The minimum Gasteiger partial charge on any atom is -0.492 e. The molecule has 6 fully saturated rings. The van der Waals surface area contributed by atoms with Crippen molar-refractivity contribution in [2.24, 2.45) is 56.7 Å². The van der Waals surface area contributed by atoms with E-state index in [4.69, 9.17) is 9.47 Å². The minimum absolute atomic E-state index is 0.0599. The molecule has 11 atom stereocenters. The quantitative estimate of drug-likeness (QED) is 0.211. The van der Waals surface area contributed by atoms with Gasteiger partial charge < -0.3 is 29.9 Å². The van der Waals surface area contributed by atoms with Gasteiger partial charge in [0.25, 0.3) is 0 Å². The van der Waals surface area contributed by atoms with Crippen molar-refractivity contribution in [2.75, 3.05) is 26.3 Å². The predicted molar refractivity (Wildman–Crippen MR) is 203 cm³/mol. The van der Waals surface area contributed by atoms with Crippen molar-refractivity contribution in [2.45, 2.75) is 124 Å². The zero-order chi connectivity index (χ0) is 38.1. The van der Waals surface area contributed by atoms with Gasteiger partial charge in [-0.2, -0.15) is 0 Å². The van der Waals surface area contributed by atoms with Crippen LogP contribution in [0, 0.1) is 56.7 Å². The summed E-state index contributed by atoms with van der Waals surface area (Å²) in [7, 11) is 0. The van der Waals surface area contributed by atoms with Gasteiger partial charge in [0, 0.05) is 6.42 Å². The number of nitrogens with one attached hydrogen (secondary N) is 1. The van der Waals surface area contributed by atoms with Gasteiger partial charge in [-0.1, -0.05) is 58.9 Å². The van der Waals surface area contributed by atoms with Crippen molar-refractivity contribution in [3.63, 3.8) is 0 Å². The first kappa shape index (κ1) is 38.2. The lowest BCUT2D eigenvalue weighted by Crippen LogP contribution is -2.67. The van der Waals surface area contributed by atoms with Crippen molar-refractivity contribution >= 4 is 18.0 Å². The summed E-state index contributed by atoms with van der Waals surface area (Å²) in [6.45, 7) is 20.6. The molecule has 6 aliphatic rings. The maximum absolute atomic E-state index is 14.8. The molecule has 53 heavy (non-hydrogen) atoms. The molecule has 4 unspecified atom stereocenters. The fourth-order valence-corrected chi connectivity index (χ4v) is 13.9. The van der Waals surface area contributed by atoms with Crippen molar-refractivity contribution in [1.82, 2.24) is 10.2 Å². The number of ether oxygens (including phenoxy) is 2. The van der Waals surface area contributed by atoms with E-state index in [0.717, 1.165) is 75.3 Å². The number of rotatable bonds is 10. The normalized spacial score (nSPS) is 40.5. The van der Waals surface area contributed by atoms with Gasteiger partial charge in [0.05, 0.1) is 24.6 Å². The maximum atomic E-state index is 14.8. The van der Waals surface area contributed by atoms with Gasteiger partial charge in [-0.25, -0.2) is 9.59 Å². The van der Waals surface area contributed by atoms with Gasteiger partial charge >= 0.3 is 12.1 Å². The second kappa shape index (κ2) is 13.6. The lowest BCUT2D eigenvalue weighted by atomic mass is 9.32. The topological polar surface area (TPSA) is 125 Å². The lowest BCUT2D eigenvalue weighted by molar-refractivity contribution is -0.246. The maximum Gasteiger partial charge on any atom is 0.410 e. The molecule has 9 nitrogen and oxygen atoms in total. The Bertz CT molecular complexity index is 1610. The number of amides is 2. The number of carboxylic acid groups (broad SMARTS) is 1. The molecule has 2 amide bonds. The number of benzene rings is 1. The number of hydrogen-bond acceptors (Lipinski definition) is 6. The number of carbonyl (C=O) groups excluding carboxylic acids is 2. The molecule has 5 saturated carbocycles. The number of carboxylic acids is 1. The van der Waals surface area contributed by atoms with Crippen LogP contribution in [0.5, 0.6) is 5.75 Å². The average Bonchev–Trinajstić information content (AvgIpc) is 3.71. The van der Waals surface area contributed by atoms with Crippen LogP contribution in [0.25, 0.3) is 0 Å². The fraction of sp³-hybridized carbons (Fsp3) is 0.750. The summed E-state index contributed by atoms with van der Waals surface area (Å²) in [5.41, 5.74) is 1.62. The highest BCUT2D eigenvalue weighted by molar-refractivity contribution is 5.88. The first-order chi connectivity index (χ1) is 25.0. The highest BCUT2D eigenvalue weighted by Crippen LogP contribution is 2.77. The van der Waals surface area contributed by atoms with Crippen LogP contribution in [0.3, 0.4) is 0 Å². The summed E-state index contributed by atoms with van der Waals surface area (Å²) in [5.74, 6) is 1.33. The van der Waals surface area contributed by atoms with Gasteiger partial charge in [-0.05, 0) is 140 Å². The van der Waals surface area contributed by atoms with E-state index in [9.17, 15) is 24.6 Å². The third-order valence-electron chi connectivity index (χ3n) is 16.9. The molecule has 0 spiro atoms. The smallest absolute Gasteiger partial charge is 0.410 e. The minimum atomic E-state index is -1.05. The van der Waals surface area contributed by atoms with E-state index in [1.807, 2.05) is 24.3 Å². The second-order valence-corrected chi connectivity index (χ2v) is 19.4. The molecular weight excluding hydrogens is 668 g/mol. The van der Waals surface area contributed by atoms with Crippen LogP contribution in [0.2, 0.25) is 0 Å². The zero-order valence-corrected chi connectivity index (χ0v) is 33.0. The summed E-state index contributed by atoms with van der Waals surface area (Å²) in [6.07, 6.45) is 9.53. The van der Waals surface area contributed by atoms with Gasteiger partial charge in [0.2, 0.25) is 5.91 Å². The zero-order valence-electron chi connectivity index (χ0n) is 33.0. The van der Waals surface area contributed by atoms with Crippen molar-refractivity contribution in [3.8, 4) is 5.75 Å². The molecule has 0 bridgehead atoms. The molecule has 9 heteroatoms. The molecule has 5 aliphatic carbocycles. The number of allylic oxidation sites excluding steroid dienone is 1. The molecule has 0 radical (unpaired) electrons. The average molecular weight is 733 g/mol. The van der Waals surface area contributed by atoms with Gasteiger partial charge in [-0.15, -0.1) is 0 Å². The van der Waals surface area contributed by atoms with Crippen molar-refractivity contribution < 1.29 is 34.1 Å². The number of cyclic esters (lactones) is 1. The van der Waals surface area contributed by atoms with E-state index in [0.29, 0.717) is 49.8 Å². The molecule has 0 aromatic heterocycles. The Labute approximate surface area is 316 Å². The number of nitrogens with zero attached hydrogens (tertiary/aromatic N) is 1. The molecule has 1 heterocycles. The summed E-state index contributed by atoms with van der Waals surface area (Å²) in [6, 6.07) is 6.28. The Kier molecular flexibility index (Phi) is 9.80. The molecule has 7 rings (SSSR count). The van der Waals surface area contributed by atoms with E-state index >= 15 is 0 Å². The number of aliphatic hydroxyl groups excluding tert-OH is 1. The summed E-state index contributed by atoms with van der Waals surface area (Å²) < 4.78 is 10.8. The van der Waals surface area contributed by atoms with Crippen LogP contribution in [0.1, 0.15) is 111 Å². The van der Waals surface area contributed by atoms with E-state index in [1.165, 1.54) is 0 Å². The van der Waals surface area contributed by atoms with Crippen molar-refractivity contribution in [1.29, 1.82) is 0 Å². The molecule has 1 aromatic rings. The van der Waals surface area contributed by atoms with E-state index in [2.05, 4.69) is 53.4 Å². The number of fused-ring (bicyclic) bond motifs is 7. The Morgan fingerprint density at radius 1 is 0.962 bits per heavy atom. The van der Waals surface area contributed by atoms with Crippen LogP contribution < -0.4 is 10.1 Å². The third-order valence-corrected chi connectivity index (χ3v) is 16.9. The van der Waals surface area contributed by atoms with Crippen LogP contribution in [0.15, 0.2) is 36.4 Å². The van der Waals surface area contributed by atoms with Gasteiger partial charge in [0.15, 0.2) is 0 Å². The second-order valence-electron chi connectivity index (χ2n) is 19.4. The molecule has 292 valence electrons. The van der Waals surface area contributed by atoms with Crippen LogP contribution >= 0.6 is 0 Å². The predicted octanol–water partition coefficient (Wildman–Crippen LogP) is 7.65. The number of aliphatic carboxylic acids is 1. The van der Waals surface area contributed by atoms with Crippen molar-refractivity contribution in [3.05, 3.63) is 42.0 Å². The highest BCUT2D eigenvalue weighted by Gasteiger charge is 2.72. The summed E-state index contributed by atoms with van der Waals surface area (Å²) >= 11 is 0. The SMILES string of the molecule is C=C(C)[C@@H]1CC[C@]2(C(=O)N[C@@H](Cc3ccc(OCCN4CCOC4=O)cc3)C(=O)O)CC[C@]3(C)C(CCC4[C@@]5(C)CC[C@H](O)C(C)(C)C5CC[C@]43C)C12. The Morgan fingerprint density at radius 2 is 1.70 bits per heavy atom. The first-order valence-corrected chi connectivity index (χ1v) is 20.5. The monoisotopic (exact) mass is 732 g/mol. The van der Waals surface area contributed by atoms with Crippen LogP contribution in [-0.2, 0) is 20.7 Å². The van der Waals surface area contributed by atoms with E-state index in [-0.39, 0.29) is 58.0 Å². The number of hydrogen-bond donors (Lipinski definition) is 3. The Balaban J connectivity index is 1.09. The molecular formula is C44H64N2O7. The molecule has 1 aliphatic heterocycles. The number of aliphatic hydroxyl groups is 1. The molecule has 1 saturated heterocycles.